The molecule has 0 unspecified atom stereocenters. The first-order chi connectivity index (χ1) is 10.2. The van der Waals surface area contributed by atoms with E-state index in [0.29, 0.717) is 13.1 Å². The van der Waals surface area contributed by atoms with Crippen LogP contribution in [0.3, 0.4) is 0 Å². The standard InChI is InChI=1S/C14H20N6O/c1-3-4-15-11-9-19-6-5-16-13(19)14(17-11)20-8-7-18(2)12(21)10-20/h5-6,9,15H,3-4,7-8,10H2,1-2H3. The van der Waals surface area contributed by atoms with Gasteiger partial charge >= 0.3 is 0 Å². The average Bonchev–Trinajstić information content (AvgIpc) is 2.95. The van der Waals surface area contributed by atoms with Gasteiger partial charge in [0.2, 0.25) is 5.91 Å². The summed E-state index contributed by atoms with van der Waals surface area (Å²) < 4.78 is 1.95. The third kappa shape index (κ3) is 2.63. The van der Waals surface area contributed by atoms with Gasteiger partial charge in [-0.15, -0.1) is 0 Å². The first-order valence-corrected chi connectivity index (χ1v) is 7.25. The fourth-order valence-corrected chi connectivity index (χ4v) is 2.40. The summed E-state index contributed by atoms with van der Waals surface area (Å²) >= 11 is 0. The topological polar surface area (TPSA) is 65.8 Å². The first kappa shape index (κ1) is 13.7. The molecular formula is C14H20N6O. The Labute approximate surface area is 123 Å². The maximum atomic E-state index is 11.9. The number of hydrogen-bond donors (Lipinski definition) is 1. The summed E-state index contributed by atoms with van der Waals surface area (Å²) in [7, 11) is 1.83. The van der Waals surface area contributed by atoms with Crippen LogP contribution in [0.25, 0.3) is 5.65 Å². The van der Waals surface area contributed by atoms with E-state index in [1.807, 2.05) is 28.7 Å². The van der Waals surface area contributed by atoms with E-state index in [0.717, 1.165) is 36.8 Å². The molecule has 7 heteroatoms. The van der Waals surface area contributed by atoms with Crippen molar-refractivity contribution in [3.8, 4) is 0 Å². The molecule has 1 N–H and O–H groups in total. The zero-order valence-electron chi connectivity index (χ0n) is 12.4. The minimum absolute atomic E-state index is 0.111. The van der Waals surface area contributed by atoms with Crippen LogP contribution in [0.5, 0.6) is 0 Å². The second-order valence-electron chi connectivity index (χ2n) is 5.27. The maximum Gasteiger partial charge on any atom is 0.241 e. The van der Waals surface area contributed by atoms with Crippen LogP contribution in [0.2, 0.25) is 0 Å². The third-order valence-electron chi connectivity index (χ3n) is 3.67. The number of fused-ring (bicyclic) bond motifs is 1. The molecule has 3 heterocycles. The Kier molecular flexibility index (Phi) is 3.64. The second kappa shape index (κ2) is 5.59. The molecule has 7 nitrogen and oxygen atoms in total. The van der Waals surface area contributed by atoms with Gasteiger partial charge in [-0.2, -0.15) is 0 Å². The van der Waals surface area contributed by atoms with E-state index < -0.39 is 0 Å². The van der Waals surface area contributed by atoms with Gasteiger partial charge in [-0.1, -0.05) is 6.92 Å². The molecule has 1 amide bonds. The lowest BCUT2D eigenvalue weighted by Crippen LogP contribution is -2.49. The first-order valence-electron chi connectivity index (χ1n) is 7.25. The zero-order valence-corrected chi connectivity index (χ0v) is 12.4. The minimum Gasteiger partial charge on any atom is -0.369 e. The molecule has 0 atom stereocenters. The van der Waals surface area contributed by atoms with Crippen molar-refractivity contribution >= 4 is 23.2 Å². The van der Waals surface area contributed by atoms with Crippen molar-refractivity contribution in [1.82, 2.24) is 19.3 Å². The number of nitrogens with zero attached hydrogens (tertiary/aromatic N) is 5. The Morgan fingerprint density at radius 3 is 3.00 bits per heavy atom. The van der Waals surface area contributed by atoms with Crippen molar-refractivity contribution in [2.24, 2.45) is 0 Å². The lowest BCUT2D eigenvalue weighted by molar-refractivity contribution is -0.129. The van der Waals surface area contributed by atoms with Gasteiger partial charge in [0.25, 0.3) is 0 Å². The highest BCUT2D eigenvalue weighted by Gasteiger charge is 2.24. The summed E-state index contributed by atoms with van der Waals surface area (Å²) in [5.74, 6) is 1.69. The van der Waals surface area contributed by atoms with E-state index in [2.05, 4.69) is 22.2 Å². The summed E-state index contributed by atoms with van der Waals surface area (Å²) in [5.41, 5.74) is 0.786. The Morgan fingerprint density at radius 2 is 2.24 bits per heavy atom. The van der Waals surface area contributed by atoms with Crippen LogP contribution in [0, 0.1) is 0 Å². The molecule has 112 valence electrons. The Bertz CT molecular complexity index is 652. The predicted octanol–water partition coefficient (Wildman–Crippen LogP) is 0.830. The van der Waals surface area contributed by atoms with Crippen LogP contribution in [0.4, 0.5) is 11.6 Å². The van der Waals surface area contributed by atoms with Crippen LogP contribution in [-0.4, -0.2) is 58.4 Å². The number of anilines is 2. The number of carbonyl (C=O) groups is 1. The van der Waals surface area contributed by atoms with Gasteiger partial charge in [-0.05, 0) is 6.42 Å². The van der Waals surface area contributed by atoms with E-state index >= 15 is 0 Å². The SMILES string of the molecule is CCCNc1cn2ccnc2c(N2CCN(C)C(=O)C2)n1. The fraction of sp³-hybridized carbons (Fsp3) is 0.500. The molecule has 21 heavy (non-hydrogen) atoms. The summed E-state index contributed by atoms with van der Waals surface area (Å²) in [6.45, 7) is 4.81. The number of aromatic nitrogens is 3. The van der Waals surface area contributed by atoms with Crippen LogP contribution in [0.1, 0.15) is 13.3 Å². The number of likely N-dealkylation sites (N-methyl/N-ethyl adjacent to an activating group) is 1. The van der Waals surface area contributed by atoms with Gasteiger partial charge in [0, 0.05) is 39.1 Å². The van der Waals surface area contributed by atoms with Crippen molar-refractivity contribution in [3.05, 3.63) is 18.6 Å². The van der Waals surface area contributed by atoms with Crippen molar-refractivity contribution in [3.63, 3.8) is 0 Å². The lowest BCUT2D eigenvalue weighted by atomic mass is 10.3. The summed E-state index contributed by atoms with van der Waals surface area (Å²) in [5, 5.41) is 3.29. The monoisotopic (exact) mass is 288 g/mol. The van der Waals surface area contributed by atoms with Crippen LogP contribution >= 0.6 is 0 Å². The molecule has 0 bridgehead atoms. The van der Waals surface area contributed by atoms with Gasteiger partial charge in [0.1, 0.15) is 5.82 Å². The van der Waals surface area contributed by atoms with E-state index in [4.69, 9.17) is 0 Å². The lowest BCUT2D eigenvalue weighted by Gasteiger charge is -2.32. The van der Waals surface area contributed by atoms with Crippen molar-refractivity contribution < 1.29 is 4.79 Å². The molecule has 3 rings (SSSR count). The van der Waals surface area contributed by atoms with E-state index in [9.17, 15) is 4.79 Å². The molecule has 0 spiro atoms. The largest absolute Gasteiger partial charge is 0.369 e. The fourth-order valence-electron chi connectivity index (χ4n) is 2.40. The van der Waals surface area contributed by atoms with Crippen LogP contribution in [0.15, 0.2) is 18.6 Å². The normalized spacial score (nSPS) is 15.8. The molecule has 0 radical (unpaired) electrons. The zero-order chi connectivity index (χ0) is 14.8. The number of hydrogen-bond acceptors (Lipinski definition) is 5. The number of piperazine rings is 1. The smallest absolute Gasteiger partial charge is 0.241 e. The molecule has 0 aliphatic carbocycles. The molecule has 1 aliphatic rings. The van der Waals surface area contributed by atoms with Gasteiger partial charge in [-0.25, -0.2) is 9.97 Å². The Morgan fingerprint density at radius 1 is 1.38 bits per heavy atom. The van der Waals surface area contributed by atoms with Gasteiger partial charge in [-0.3, -0.25) is 4.79 Å². The molecular weight excluding hydrogens is 268 g/mol. The molecule has 1 fully saturated rings. The number of carbonyl (C=O) groups excluding carboxylic acids is 1. The Balaban J connectivity index is 1.96. The van der Waals surface area contributed by atoms with Crippen molar-refractivity contribution in [2.75, 3.05) is 43.4 Å². The molecule has 1 saturated heterocycles. The number of nitrogens with one attached hydrogen (secondary N) is 1. The number of imidazole rings is 1. The van der Waals surface area contributed by atoms with E-state index in [1.165, 1.54) is 0 Å². The number of amides is 1. The van der Waals surface area contributed by atoms with Crippen molar-refractivity contribution in [2.45, 2.75) is 13.3 Å². The van der Waals surface area contributed by atoms with Gasteiger partial charge in [0.15, 0.2) is 11.5 Å². The predicted molar refractivity (Wildman–Crippen MR) is 81.6 cm³/mol. The highest BCUT2D eigenvalue weighted by Crippen LogP contribution is 2.22. The van der Waals surface area contributed by atoms with Crippen LogP contribution < -0.4 is 10.2 Å². The third-order valence-corrected chi connectivity index (χ3v) is 3.67. The molecule has 0 saturated carbocycles. The minimum atomic E-state index is 0.111. The molecule has 2 aromatic heterocycles. The molecule has 1 aliphatic heterocycles. The summed E-state index contributed by atoms with van der Waals surface area (Å²) in [4.78, 5) is 24.7. The van der Waals surface area contributed by atoms with E-state index in [1.54, 1.807) is 11.1 Å². The van der Waals surface area contributed by atoms with Gasteiger partial charge < -0.3 is 19.5 Å². The summed E-state index contributed by atoms with van der Waals surface area (Å²) in [6, 6.07) is 0. The maximum absolute atomic E-state index is 11.9. The second-order valence-corrected chi connectivity index (χ2v) is 5.27. The van der Waals surface area contributed by atoms with E-state index in [-0.39, 0.29) is 5.91 Å². The number of rotatable bonds is 4. The van der Waals surface area contributed by atoms with Crippen molar-refractivity contribution in [1.29, 1.82) is 0 Å². The Hall–Kier alpha value is -2.31. The molecule has 0 aromatic carbocycles. The average molecular weight is 288 g/mol. The highest BCUT2D eigenvalue weighted by atomic mass is 16.2. The van der Waals surface area contributed by atoms with Gasteiger partial charge in [0.05, 0.1) is 12.7 Å². The quantitative estimate of drug-likeness (QED) is 0.902. The van der Waals surface area contributed by atoms with Crippen LogP contribution in [-0.2, 0) is 4.79 Å². The summed E-state index contributed by atoms with van der Waals surface area (Å²) in [6.07, 6.45) is 6.61. The molecule has 2 aromatic rings. The highest BCUT2D eigenvalue weighted by molar-refractivity contribution is 5.84.